The van der Waals surface area contributed by atoms with Gasteiger partial charge in [0.2, 0.25) is 11.8 Å². The molecule has 1 fully saturated rings. The smallest absolute Gasteiger partial charge is 0.230 e. The lowest BCUT2D eigenvalue weighted by Gasteiger charge is -2.33. The van der Waals surface area contributed by atoms with Crippen LogP contribution in [0.1, 0.15) is 25.3 Å². The van der Waals surface area contributed by atoms with Gasteiger partial charge in [0.05, 0.1) is 18.2 Å². The molecule has 1 atom stereocenters. The molecule has 0 spiro atoms. The highest BCUT2D eigenvalue weighted by Crippen LogP contribution is 2.38. The minimum atomic E-state index is -0.600. The van der Waals surface area contributed by atoms with Gasteiger partial charge < -0.3 is 14.6 Å². The van der Waals surface area contributed by atoms with Crippen LogP contribution >= 0.6 is 0 Å². The van der Waals surface area contributed by atoms with Crippen LogP contribution in [0.4, 0.5) is 0 Å². The topological polar surface area (TPSA) is 56.1 Å². The second kappa shape index (κ2) is 6.16. The highest BCUT2D eigenvalue weighted by Gasteiger charge is 2.40. The molecule has 1 saturated heterocycles. The summed E-state index contributed by atoms with van der Waals surface area (Å²) in [5.41, 5.74) is 3.28. The van der Waals surface area contributed by atoms with Crippen LogP contribution < -0.4 is 10.1 Å². The number of carbonyl (C=O) groups is 1. The standard InChI is InChI=1S/C21H23N3O2/c1-21(10-4-11-22-20(21)25)16-7-8-17(23-19(16)26-3)15-6-5-14-9-12-24(2)18(14)13-15/h5-9,12-13H,4,10-11H2,1-3H3,(H,22,25)/t21-/m1/s1. The molecular formula is C21H23N3O2. The molecule has 3 heterocycles. The summed E-state index contributed by atoms with van der Waals surface area (Å²) in [4.78, 5) is 17.2. The predicted molar refractivity (Wildman–Crippen MR) is 102 cm³/mol. The van der Waals surface area contributed by atoms with Gasteiger partial charge in [-0.15, -0.1) is 0 Å². The molecule has 0 bridgehead atoms. The van der Waals surface area contributed by atoms with Gasteiger partial charge in [0.15, 0.2) is 0 Å². The number of hydrogen-bond acceptors (Lipinski definition) is 3. The first kappa shape index (κ1) is 16.6. The Labute approximate surface area is 153 Å². The molecule has 1 amide bonds. The lowest BCUT2D eigenvalue weighted by molar-refractivity contribution is -0.128. The van der Waals surface area contributed by atoms with E-state index in [0.29, 0.717) is 5.88 Å². The van der Waals surface area contributed by atoms with Crippen LogP contribution in [0.3, 0.4) is 0 Å². The number of piperidine rings is 1. The van der Waals surface area contributed by atoms with E-state index in [1.807, 2.05) is 32.3 Å². The Bertz CT molecular complexity index is 992. The largest absolute Gasteiger partial charge is 0.481 e. The van der Waals surface area contributed by atoms with Crippen LogP contribution in [0.25, 0.3) is 22.2 Å². The van der Waals surface area contributed by atoms with Gasteiger partial charge in [-0.1, -0.05) is 18.2 Å². The van der Waals surface area contributed by atoms with E-state index >= 15 is 0 Å². The van der Waals surface area contributed by atoms with E-state index in [2.05, 4.69) is 34.1 Å². The summed E-state index contributed by atoms with van der Waals surface area (Å²) in [7, 11) is 3.64. The maximum atomic E-state index is 12.5. The highest BCUT2D eigenvalue weighted by atomic mass is 16.5. The molecule has 0 aliphatic carbocycles. The first-order valence-electron chi connectivity index (χ1n) is 8.92. The monoisotopic (exact) mass is 349 g/mol. The van der Waals surface area contributed by atoms with Gasteiger partial charge >= 0.3 is 0 Å². The summed E-state index contributed by atoms with van der Waals surface area (Å²) in [6.45, 7) is 2.70. The second-order valence-electron chi connectivity index (χ2n) is 7.15. The quantitative estimate of drug-likeness (QED) is 0.788. The van der Waals surface area contributed by atoms with E-state index < -0.39 is 5.41 Å². The molecule has 0 radical (unpaired) electrons. The Morgan fingerprint density at radius 2 is 2.08 bits per heavy atom. The summed E-state index contributed by atoms with van der Waals surface area (Å²) in [5.74, 6) is 0.566. The molecule has 0 unspecified atom stereocenters. The maximum Gasteiger partial charge on any atom is 0.230 e. The number of carbonyl (C=O) groups excluding carboxylic acids is 1. The molecule has 5 nitrogen and oxygen atoms in total. The molecule has 1 aliphatic rings. The van der Waals surface area contributed by atoms with Gasteiger partial charge in [0.1, 0.15) is 0 Å². The zero-order chi connectivity index (χ0) is 18.3. The minimum absolute atomic E-state index is 0.0434. The molecule has 134 valence electrons. The fraction of sp³-hybridized carbons (Fsp3) is 0.333. The predicted octanol–water partition coefficient (Wildman–Crippen LogP) is 3.42. The second-order valence-corrected chi connectivity index (χ2v) is 7.15. The number of amides is 1. The van der Waals surface area contributed by atoms with Crippen LogP contribution in [0, 0.1) is 0 Å². The fourth-order valence-corrected chi connectivity index (χ4v) is 3.81. The van der Waals surface area contributed by atoms with E-state index in [4.69, 9.17) is 9.72 Å². The van der Waals surface area contributed by atoms with Gasteiger partial charge in [0.25, 0.3) is 0 Å². The van der Waals surface area contributed by atoms with Gasteiger partial charge in [-0.25, -0.2) is 4.98 Å². The molecule has 5 heteroatoms. The number of nitrogens with zero attached hydrogens (tertiary/aromatic N) is 2. The van der Waals surface area contributed by atoms with Crippen molar-refractivity contribution in [3.05, 3.63) is 48.2 Å². The van der Waals surface area contributed by atoms with E-state index in [1.165, 1.54) is 5.39 Å². The number of benzene rings is 1. The number of nitrogens with one attached hydrogen (secondary N) is 1. The normalized spacial score (nSPS) is 20.2. The Morgan fingerprint density at radius 1 is 1.23 bits per heavy atom. The Morgan fingerprint density at radius 3 is 2.85 bits per heavy atom. The van der Waals surface area contributed by atoms with Crippen molar-refractivity contribution in [1.82, 2.24) is 14.9 Å². The van der Waals surface area contributed by atoms with Gasteiger partial charge in [0, 0.05) is 36.4 Å². The molecular weight excluding hydrogens is 326 g/mol. The lowest BCUT2D eigenvalue weighted by atomic mass is 9.76. The van der Waals surface area contributed by atoms with Crippen LogP contribution in [0.2, 0.25) is 0 Å². The number of methoxy groups -OCH3 is 1. The molecule has 1 aromatic carbocycles. The summed E-state index contributed by atoms with van der Waals surface area (Å²) in [5, 5.41) is 4.17. The molecule has 0 saturated carbocycles. The van der Waals surface area contributed by atoms with E-state index in [1.54, 1.807) is 7.11 Å². The third-order valence-corrected chi connectivity index (χ3v) is 5.47. The number of hydrogen-bond donors (Lipinski definition) is 1. The average molecular weight is 349 g/mol. The molecule has 3 aromatic rings. The van der Waals surface area contributed by atoms with Gasteiger partial charge in [-0.05, 0) is 43.4 Å². The molecule has 1 aliphatic heterocycles. The van der Waals surface area contributed by atoms with E-state index in [-0.39, 0.29) is 5.91 Å². The zero-order valence-corrected chi connectivity index (χ0v) is 15.4. The number of ether oxygens (including phenoxy) is 1. The molecule has 26 heavy (non-hydrogen) atoms. The Hall–Kier alpha value is -2.82. The van der Waals surface area contributed by atoms with Crippen LogP contribution in [0.15, 0.2) is 42.6 Å². The zero-order valence-electron chi connectivity index (χ0n) is 15.4. The van der Waals surface area contributed by atoms with E-state index in [9.17, 15) is 4.79 Å². The number of pyridine rings is 1. The number of aromatic nitrogens is 2. The fourth-order valence-electron chi connectivity index (χ4n) is 3.81. The van der Waals surface area contributed by atoms with Crippen LogP contribution in [0.5, 0.6) is 5.88 Å². The first-order chi connectivity index (χ1) is 12.5. The number of aryl methyl sites for hydroxylation is 1. The van der Waals surface area contributed by atoms with Crippen LogP contribution in [-0.2, 0) is 17.3 Å². The Balaban J connectivity index is 1.79. The molecule has 1 N–H and O–H groups in total. The Kier molecular flexibility index (Phi) is 3.94. The van der Waals surface area contributed by atoms with Crippen molar-refractivity contribution >= 4 is 16.8 Å². The third kappa shape index (κ3) is 2.55. The molecule has 4 rings (SSSR count). The summed E-state index contributed by atoms with van der Waals surface area (Å²) >= 11 is 0. The average Bonchev–Trinajstić information content (AvgIpc) is 3.04. The summed E-state index contributed by atoms with van der Waals surface area (Å²) in [6.07, 6.45) is 3.80. The lowest BCUT2D eigenvalue weighted by Crippen LogP contribution is -2.47. The number of rotatable bonds is 3. The maximum absolute atomic E-state index is 12.5. The van der Waals surface area contributed by atoms with E-state index in [0.717, 1.165) is 41.7 Å². The van der Waals surface area contributed by atoms with Crippen molar-refractivity contribution in [3.63, 3.8) is 0 Å². The van der Waals surface area contributed by atoms with Crippen molar-refractivity contribution in [2.24, 2.45) is 7.05 Å². The van der Waals surface area contributed by atoms with Crippen molar-refractivity contribution in [2.45, 2.75) is 25.2 Å². The molecule has 2 aromatic heterocycles. The van der Waals surface area contributed by atoms with Gasteiger partial charge in [-0.3, -0.25) is 4.79 Å². The third-order valence-electron chi connectivity index (χ3n) is 5.47. The van der Waals surface area contributed by atoms with Crippen molar-refractivity contribution in [3.8, 4) is 17.1 Å². The van der Waals surface area contributed by atoms with Gasteiger partial charge in [-0.2, -0.15) is 0 Å². The minimum Gasteiger partial charge on any atom is -0.481 e. The summed E-state index contributed by atoms with van der Waals surface area (Å²) < 4.78 is 7.67. The first-order valence-corrected chi connectivity index (χ1v) is 8.92. The summed E-state index contributed by atoms with van der Waals surface area (Å²) in [6, 6.07) is 12.4. The van der Waals surface area contributed by atoms with Crippen molar-refractivity contribution in [2.75, 3.05) is 13.7 Å². The van der Waals surface area contributed by atoms with Crippen molar-refractivity contribution in [1.29, 1.82) is 0 Å². The number of fused-ring (bicyclic) bond motifs is 1. The van der Waals surface area contributed by atoms with Crippen LogP contribution in [-0.4, -0.2) is 29.1 Å². The van der Waals surface area contributed by atoms with Crippen molar-refractivity contribution < 1.29 is 9.53 Å². The highest BCUT2D eigenvalue weighted by molar-refractivity contribution is 5.89. The SMILES string of the molecule is COc1nc(-c2ccc3ccn(C)c3c2)ccc1[C@@]1(C)CCCNC1=O.